The van der Waals surface area contributed by atoms with Crippen molar-refractivity contribution in [2.45, 2.75) is 33.1 Å². The first-order valence-electron chi connectivity index (χ1n) is 5.86. The van der Waals surface area contributed by atoms with Crippen LogP contribution in [-0.2, 0) is 23.9 Å². The number of unbranched alkanes of at least 4 members (excludes halogenated alkanes) is 1. The van der Waals surface area contributed by atoms with E-state index in [0.717, 1.165) is 12.8 Å². The van der Waals surface area contributed by atoms with Crippen LogP contribution in [0, 0.1) is 17.8 Å². The van der Waals surface area contributed by atoms with E-state index >= 15 is 0 Å². The summed E-state index contributed by atoms with van der Waals surface area (Å²) >= 11 is 0. The average Bonchev–Trinajstić information content (AvgIpc) is 2.55. The van der Waals surface area contributed by atoms with E-state index in [0.29, 0.717) is 6.42 Å². The second-order valence-corrected chi connectivity index (χ2v) is 4.33. The lowest BCUT2D eigenvalue weighted by atomic mass is 9.81. The molecule has 1 aliphatic heterocycles. The normalized spacial score (nSPS) is 25.6. The van der Waals surface area contributed by atoms with Crippen molar-refractivity contribution in [3.05, 3.63) is 0 Å². The first-order chi connectivity index (χ1) is 8.02. The van der Waals surface area contributed by atoms with E-state index in [-0.39, 0.29) is 0 Å². The molecule has 1 saturated heterocycles. The molecule has 1 rings (SSSR count). The van der Waals surface area contributed by atoms with Gasteiger partial charge in [-0.1, -0.05) is 26.7 Å². The topological polar surface area (TPSA) is 69.7 Å². The van der Waals surface area contributed by atoms with E-state index in [1.807, 2.05) is 6.92 Å². The molecule has 1 aliphatic rings. The highest BCUT2D eigenvalue weighted by atomic mass is 16.6. The minimum absolute atomic E-state index is 0.443. The predicted octanol–water partition coefficient (Wildman–Crippen LogP) is 1.30. The minimum atomic E-state index is -0.693. The summed E-state index contributed by atoms with van der Waals surface area (Å²) in [5, 5.41) is 0. The van der Waals surface area contributed by atoms with Crippen LogP contribution in [0.5, 0.6) is 0 Å². The number of carbonyl (C=O) groups excluding carboxylic acids is 3. The van der Waals surface area contributed by atoms with Crippen LogP contribution in [0.15, 0.2) is 0 Å². The third kappa shape index (κ3) is 2.84. The zero-order chi connectivity index (χ0) is 13.0. The number of rotatable bonds is 5. The highest BCUT2D eigenvalue weighted by Gasteiger charge is 2.48. The van der Waals surface area contributed by atoms with Crippen LogP contribution in [0.3, 0.4) is 0 Å². The van der Waals surface area contributed by atoms with Crippen LogP contribution in [0.4, 0.5) is 0 Å². The number of esters is 3. The molecule has 5 heteroatoms. The summed E-state index contributed by atoms with van der Waals surface area (Å²) in [6.45, 7) is 3.61. The molecule has 96 valence electrons. The van der Waals surface area contributed by atoms with Crippen LogP contribution < -0.4 is 0 Å². The van der Waals surface area contributed by atoms with Crippen molar-refractivity contribution in [1.82, 2.24) is 0 Å². The first-order valence-corrected chi connectivity index (χ1v) is 5.86. The Hall–Kier alpha value is -1.39. The van der Waals surface area contributed by atoms with Crippen molar-refractivity contribution in [1.29, 1.82) is 0 Å². The molecule has 0 bridgehead atoms. The van der Waals surface area contributed by atoms with Crippen molar-refractivity contribution >= 4 is 17.9 Å². The Kier molecular flexibility index (Phi) is 4.66. The quantitative estimate of drug-likeness (QED) is 0.537. The van der Waals surface area contributed by atoms with E-state index in [9.17, 15) is 14.4 Å². The van der Waals surface area contributed by atoms with Crippen LogP contribution in [0.1, 0.15) is 33.1 Å². The molecule has 3 unspecified atom stereocenters. The first kappa shape index (κ1) is 13.7. The summed E-state index contributed by atoms with van der Waals surface area (Å²) in [5.74, 6) is -3.43. The van der Waals surface area contributed by atoms with Crippen LogP contribution in [0.25, 0.3) is 0 Å². The summed E-state index contributed by atoms with van der Waals surface area (Å²) in [6.07, 6.45) is 2.27. The van der Waals surface area contributed by atoms with E-state index < -0.39 is 35.7 Å². The van der Waals surface area contributed by atoms with Gasteiger partial charge in [0.25, 0.3) is 0 Å². The van der Waals surface area contributed by atoms with Crippen LogP contribution in [-0.4, -0.2) is 25.0 Å². The lowest BCUT2D eigenvalue weighted by Gasteiger charge is -2.19. The molecule has 5 nitrogen and oxygen atoms in total. The van der Waals surface area contributed by atoms with Crippen molar-refractivity contribution in [3.63, 3.8) is 0 Å². The Morgan fingerprint density at radius 1 is 1.41 bits per heavy atom. The summed E-state index contributed by atoms with van der Waals surface area (Å²) in [6, 6.07) is 0. The Labute approximate surface area is 100 Å². The maximum absolute atomic E-state index is 11.7. The van der Waals surface area contributed by atoms with Gasteiger partial charge < -0.3 is 9.47 Å². The van der Waals surface area contributed by atoms with Gasteiger partial charge in [0, 0.05) is 0 Å². The molecule has 0 spiro atoms. The van der Waals surface area contributed by atoms with Gasteiger partial charge in [-0.15, -0.1) is 0 Å². The van der Waals surface area contributed by atoms with Gasteiger partial charge in [-0.2, -0.15) is 0 Å². The number of hydrogen-bond donors (Lipinski definition) is 0. The number of hydrogen-bond acceptors (Lipinski definition) is 5. The van der Waals surface area contributed by atoms with E-state index in [1.54, 1.807) is 6.92 Å². The largest absolute Gasteiger partial charge is 0.469 e. The molecule has 0 aliphatic carbocycles. The Balaban J connectivity index is 2.85. The molecule has 0 radical (unpaired) electrons. The lowest BCUT2D eigenvalue weighted by molar-refractivity contribution is -0.157. The number of methoxy groups -OCH3 is 1. The molecule has 0 saturated carbocycles. The fourth-order valence-corrected chi connectivity index (χ4v) is 2.14. The van der Waals surface area contributed by atoms with Gasteiger partial charge in [-0.05, 0) is 6.42 Å². The van der Waals surface area contributed by atoms with E-state index in [2.05, 4.69) is 4.74 Å². The summed E-state index contributed by atoms with van der Waals surface area (Å²) < 4.78 is 9.25. The van der Waals surface area contributed by atoms with Gasteiger partial charge in [0.05, 0.1) is 24.9 Å². The van der Waals surface area contributed by atoms with E-state index in [1.165, 1.54) is 7.11 Å². The molecule has 0 aromatic rings. The molecular weight excluding hydrogens is 224 g/mol. The fourth-order valence-electron chi connectivity index (χ4n) is 2.14. The van der Waals surface area contributed by atoms with Gasteiger partial charge in [0.1, 0.15) is 0 Å². The van der Waals surface area contributed by atoms with Gasteiger partial charge in [0.15, 0.2) is 0 Å². The minimum Gasteiger partial charge on any atom is -0.469 e. The molecule has 0 N–H and O–H groups in total. The average molecular weight is 242 g/mol. The molecule has 0 amide bonds. The zero-order valence-electron chi connectivity index (χ0n) is 10.4. The maximum Gasteiger partial charge on any atom is 0.318 e. The Morgan fingerprint density at radius 2 is 2.06 bits per heavy atom. The van der Waals surface area contributed by atoms with Gasteiger partial charge >= 0.3 is 17.9 Å². The molecule has 1 heterocycles. The summed E-state index contributed by atoms with van der Waals surface area (Å²) in [5.41, 5.74) is 0. The van der Waals surface area contributed by atoms with Crippen molar-refractivity contribution in [3.8, 4) is 0 Å². The van der Waals surface area contributed by atoms with Gasteiger partial charge in [0.2, 0.25) is 0 Å². The fraction of sp³-hybridized carbons (Fsp3) is 0.750. The molecule has 0 aromatic carbocycles. The molecule has 17 heavy (non-hydrogen) atoms. The second kappa shape index (κ2) is 5.80. The number of cyclic esters (lactones) is 2. The summed E-state index contributed by atoms with van der Waals surface area (Å²) in [7, 11) is 1.29. The maximum atomic E-state index is 11.7. The van der Waals surface area contributed by atoms with E-state index in [4.69, 9.17) is 4.74 Å². The smallest absolute Gasteiger partial charge is 0.318 e. The van der Waals surface area contributed by atoms with Crippen molar-refractivity contribution in [2.24, 2.45) is 17.8 Å². The number of carbonyl (C=O) groups is 3. The van der Waals surface area contributed by atoms with Gasteiger partial charge in [-0.25, -0.2) is 0 Å². The predicted molar refractivity (Wildman–Crippen MR) is 58.8 cm³/mol. The summed E-state index contributed by atoms with van der Waals surface area (Å²) in [4.78, 5) is 34.5. The SMILES string of the molecule is CCCCC(C(=O)OC)C1C(=O)OC(=O)C1C. The standard InChI is InChI=1S/C12H18O5/c1-4-5-6-8(11(14)16-3)9-7(2)10(13)17-12(9)15/h7-9H,4-6H2,1-3H3. The Morgan fingerprint density at radius 3 is 2.47 bits per heavy atom. The number of ether oxygens (including phenoxy) is 2. The molecule has 1 fully saturated rings. The Bertz CT molecular complexity index is 323. The highest BCUT2D eigenvalue weighted by molar-refractivity contribution is 5.98. The van der Waals surface area contributed by atoms with Crippen LogP contribution >= 0.6 is 0 Å². The third-order valence-electron chi connectivity index (χ3n) is 3.19. The molecular formula is C12H18O5. The van der Waals surface area contributed by atoms with Crippen molar-refractivity contribution in [2.75, 3.05) is 7.11 Å². The third-order valence-corrected chi connectivity index (χ3v) is 3.19. The van der Waals surface area contributed by atoms with Gasteiger partial charge in [-0.3, -0.25) is 14.4 Å². The monoisotopic (exact) mass is 242 g/mol. The van der Waals surface area contributed by atoms with Crippen molar-refractivity contribution < 1.29 is 23.9 Å². The highest BCUT2D eigenvalue weighted by Crippen LogP contribution is 2.33. The zero-order valence-corrected chi connectivity index (χ0v) is 10.4. The molecule has 0 aromatic heterocycles. The van der Waals surface area contributed by atoms with Crippen LogP contribution in [0.2, 0.25) is 0 Å². The lowest BCUT2D eigenvalue weighted by Crippen LogP contribution is -2.31. The molecule has 3 atom stereocenters. The second-order valence-electron chi connectivity index (χ2n) is 4.33.